The minimum Gasteiger partial charge on any atom is -0.463 e. The standard InChI is InChI=1S/C13H14BrN3O3/c1-3-19-12(18)9(2)20-13-15-8-17(16-13)11-6-4-10(14)5-7-11/h4-9H,3H2,1-2H3. The summed E-state index contributed by atoms with van der Waals surface area (Å²) in [6.07, 6.45) is 0.784. The highest BCUT2D eigenvalue weighted by Crippen LogP contribution is 2.14. The maximum absolute atomic E-state index is 11.4. The maximum atomic E-state index is 11.4. The number of aromatic nitrogens is 3. The third-order valence-electron chi connectivity index (χ3n) is 2.46. The first kappa shape index (κ1) is 14.5. The van der Waals surface area contributed by atoms with E-state index in [0.29, 0.717) is 6.61 Å². The normalized spacial score (nSPS) is 11.9. The van der Waals surface area contributed by atoms with Crippen LogP contribution in [-0.4, -0.2) is 33.4 Å². The summed E-state index contributed by atoms with van der Waals surface area (Å²) in [7, 11) is 0. The minimum absolute atomic E-state index is 0.133. The van der Waals surface area contributed by atoms with Gasteiger partial charge in [-0.2, -0.15) is 4.98 Å². The molecule has 0 fully saturated rings. The summed E-state index contributed by atoms with van der Waals surface area (Å²) >= 11 is 3.37. The topological polar surface area (TPSA) is 66.2 Å². The molecule has 0 spiro atoms. The first-order valence-electron chi connectivity index (χ1n) is 6.11. The Bertz CT molecular complexity index is 583. The van der Waals surface area contributed by atoms with E-state index in [9.17, 15) is 4.79 Å². The molecule has 0 N–H and O–H groups in total. The first-order chi connectivity index (χ1) is 9.60. The van der Waals surface area contributed by atoms with Gasteiger partial charge in [-0.05, 0) is 38.1 Å². The van der Waals surface area contributed by atoms with E-state index in [1.165, 1.54) is 6.33 Å². The number of ether oxygens (including phenoxy) is 2. The molecule has 2 aromatic rings. The van der Waals surface area contributed by atoms with Crippen molar-refractivity contribution in [1.82, 2.24) is 14.8 Å². The molecule has 1 unspecified atom stereocenters. The molecule has 0 amide bonds. The number of carbonyl (C=O) groups is 1. The largest absolute Gasteiger partial charge is 0.463 e. The second-order valence-electron chi connectivity index (χ2n) is 3.96. The van der Waals surface area contributed by atoms with Crippen molar-refractivity contribution in [2.24, 2.45) is 0 Å². The van der Waals surface area contributed by atoms with Gasteiger partial charge in [0, 0.05) is 4.47 Å². The van der Waals surface area contributed by atoms with E-state index < -0.39 is 12.1 Å². The van der Waals surface area contributed by atoms with Crippen molar-refractivity contribution in [3.05, 3.63) is 35.1 Å². The van der Waals surface area contributed by atoms with Gasteiger partial charge in [0.15, 0.2) is 6.10 Å². The zero-order valence-corrected chi connectivity index (χ0v) is 12.7. The number of carbonyl (C=O) groups excluding carboxylic acids is 1. The quantitative estimate of drug-likeness (QED) is 0.782. The van der Waals surface area contributed by atoms with Crippen molar-refractivity contribution in [3.8, 4) is 11.7 Å². The third kappa shape index (κ3) is 3.57. The Labute approximate surface area is 124 Å². The molecule has 1 atom stereocenters. The van der Waals surface area contributed by atoms with Gasteiger partial charge in [0.25, 0.3) is 0 Å². The fourth-order valence-electron chi connectivity index (χ4n) is 1.49. The number of benzene rings is 1. The predicted octanol–water partition coefficient (Wildman–Crippen LogP) is 2.36. The van der Waals surface area contributed by atoms with Crippen LogP contribution in [0.5, 0.6) is 6.01 Å². The second kappa shape index (κ2) is 6.51. The fourth-order valence-corrected chi connectivity index (χ4v) is 1.75. The van der Waals surface area contributed by atoms with Crippen molar-refractivity contribution in [2.45, 2.75) is 20.0 Å². The highest BCUT2D eigenvalue weighted by molar-refractivity contribution is 9.10. The van der Waals surface area contributed by atoms with E-state index in [4.69, 9.17) is 9.47 Å². The number of rotatable bonds is 5. The molecule has 0 aliphatic rings. The van der Waals surface area contributed by atoms with Crippen LogP contribution in [0.15, 0.2) is 35.1 Å². The zero-order valence-electron chi connectivity index (χ0n) is 11.1. The van der Waals surface area contributed by atoms with Gasteiger partial charge < -0.3 is 9.47 Å². The van der Waals surface area contributed by atoms with Crippen LogP contribution in [-0.2, 0) is 9.53 Å². The van der Waals surface area contributed by atoms with E-state index >= 15 is 0 Å². The van der Waals surface area contributed by atoms with Crippen molar-refractivity contribution in [2.75, 3.05) is 6.61 Å². The first-order valence-corrected chi connectivity index (χ1v) is 6.90. The smallest absolute Gasteiger partial charge is 0.347 e. The number of halogens is 1. The molecule has 2 rings (SSSR count). The summed E-state index contributed by atoms with van der Waals surface area (Å²) in [5.41, 5.74) is 0.847. The van der Waals surface area contributed by atoms with Crippen molar-refractivity contribution < 1.29 is 14.3 Å². The molecule has 0 radical (unpaired) electrons. The number of hydrogen-bond acceptors (Lipinski definition) is 5. The van der Waals surface area contributed by atoms with Gasteiger partial charge in [-0.25, -0.2) is 9.48 Å². The molecule has 20 heavy (non-hydrogen) atoms. The van der Waals surface area contributed by atoms with Gasteiger partial charge in [-0.1, -0.05) is 15.9 Å². The summed E-state index contributed by atoms with van der Waals surface area (Å²) < 4.78 is 12.7. The molecule has 0 saturated carbocycles. The Morgan fingerprint density at radius 1 is 1.40 bits per heavy atom. The van der Waals surface area contributed by atoms with Gasteiger partial charge >= 0.3 is 12.0 Å². The Hall–Kier alpha value is -1.89. The number of nitrogens with zero attached hydrogens (tertiary/aromatic N) is 3. The van der Waals surface area contributed by atoms with Crippen LogP contribution in [0, 0.1) is 0 Å². The van der Waals surface area contributed by atoms with Crippen LogP contribution >= 0.6 is 15.9 Å². The van der Waals surface area contributed by atoms with Crippen LogP contribution in [0.2, 0.25) is 0 Å². The number of hydrogen-bond donors (Lipinski definition) is 0. The summed E-state index contributed by atoms with van der Waals surface area (Å²) in [6.45, 7) is 3.65. The molecule has 0 saturated heterocycles. The maximum Gasteiger partial charge on any atom is 0.347 e. The Balaban J connectivity index is 2.05. The lowest BCUT2D eigenvalue weighted by Gasteiger charge is -2.09. The predicted molar refractivity (Wildman–Crippen MR) is 75.8 cm³/mol. The van der Waals surface area contributed by atoms with E-state index in [1.54, 1.807) is 18.5 Å². The lowest BCUT2D eigenvalue weighted by molar-refractivity contribution is -0.150. The molecular weight excluding hydrogens is 326 g/mol. The van der Waals surface area contributed by atoms with Gasteiger partial charge in [0.2, 0.25) is 0 Å². The van der Waals surface area contributed by atoms with E-state index in [0.717, 1.165) is 10.2 Å². The lowest BCUT2D eigenvalue weighted by Crippen LogP contribution is -2.26. The fraction of sp³-hybridized carbons (Fsp3) is 0.308. The van der Waals surface area contributed by atoms with Crippen LogP contribution in [0.4, 0.5) is 0 Å². The highest BCUT2D eigenvalue weighted by Gasteiger charge is 2.17. The molecule has 6 nitrogen and oxygen atoms in total. The minimum atomic E-state index is -0.740. The van der Waals surface area contributed by atoms with Crippen molar-refractivity contribution in [3.63, 3.8) is 0 Å². The SMILES string of the molecule is CCOC(=O)C(C)Oc1ncn(-c2ccc(Br)cc2)n1. The van der Waals surface area contributed by atoms with E-state index in [-0.39, 0.29) is 6.01 Å². The van der Waals surface area contributed by atoms with Crippen LogP contribution in [0.1, 0.15) is 13.8 Å². The average molecular weight is 340 g/mol. The van der Waals surface area contributed by atoms with Gasteiger partial charge in [0.05, 0.1) is 12.3 Å². The van der Waals surface area contributed by atoms with Gasteiger partial charge in [-0.15, -0.1) is 5.10 Å². The van der Waals surface area contributed by atoms with Crippen molar-refractivity contribution in [1.29, 1.82) is 0 Å². The molecule has 106 valence electrons. The summed E-state index contributed by atoms with van der Waals surface area (Å²) in [5, 5.41) is 4.15. The zero-order chi connectivity index (χ0) is 14.5. The molecular formula is C13H14BrN3O3. The Morgan fingerprint density at radius 3 is 2.75 bits per heavy atom. The summed E-state index contributed by atoms with van der Waals surface area (Å²) in [4.78, 5) is 15.5. The monoisotopic (exact) mass is 339 g/mol. The molecule has 1 aromatic carbocycles. The third-order valence-corrected chi connectivity index (χ3v) is 2.99. The summed E-state index contributed by atoms with van der Waals surface area (Å²) in [6, 6.07) is 7.71. The molecule has 0 aliphatic carbocycles. The highest BCUT2D eigenvalue weighted by atomic mass is 79.9. The molecule has 0 aliphatic heterocycles. The van der Waals surface area contributed by atoms with Crippen molar-refractivity contribution >= 4 is 21.9 Å². The molecule has 7 heteroatoms. The molecule has 0 bridgehead atoms. The second-order valence-corrected chi connectivity index (χ2v) is 4.88. The van der Waals surface area contributed by atoms with E-state index in [1.807, 2.05) is 24.3 Å². The number of esters is 1. The van der Waals surface area contributed by atoms with Crippen LogP contribution in [0.3, 0.4) is 0 Å². The van der Waals surface area contributed by atoms with Crippen LogP contribution < -0.4 is 4.74 Å². The van der Waals surface area contributed by atoms with Gasteiger partial charge in [-0.3, -0.25) is 0 Å². The lowest BCUT2D eigenvalue weighted by atomic mass is 10.3. The molecule has 1 aromatic heterocycles. The summed E-state index contributed by atoms with van der Waals surface area (Å²) in [5.74, 6) is -0.438. The Morgan fingerprint density at radius 2 is 2.10 bits per heavy atom. The van der Waals surface area contributed by atoms with E-state index in [2.05, 4.69) is 26.0 Å². The molecule has 1 heterocycles. The Kier molecular flexibility index (Phi) is 4.73. The van der Waals surface area contributed by atoms with Gasteiger partial charge in [0.1, 0.15) is 6.33 Å². The average Bonchev–Trinajstić information content (AvgIpc) is 2.88. The van der Waals surface area contributed by atoms with Crippen LogP contribution in [0.25, 0.3) is 5.69 Å².